The van der Waals surface area contributed by atoms with Crippen molar-refractivity contribution in [1.29, 1.82) is 0 Å². The Morgan fingerprint density at radius 3 is 2.63 bits per heavy atom. The van der Waals surface area contributed by atoms with Gasteiger partial charge in [0, 0.05) is 30.7 Å². The number of alkyl halides is 1. The Labute approximate surface area is 233 Å². The molecule has 2 atom stereocenters. The van der Waals surface area contributed by atoms with E-state index < -0.39 is 18.1 Å². The highest BCUT2D eigenvalue weighted by molar-refractivity contribution is 6.33. The van der Waals surface area contributed by atoms with Gasteiger partial charge in [0.25, 0.3) is 0 Å². The fourth-order valence-electron chi connectivity index (χ4n) is 6.22. The van der Waals surface area contributed by atoms with Gasteiger partial charge in [0.15, 0.2) is 5.82 Å². The number of nitrogens with one attached hydrogen (secondary N) is 1. The molecule has 0 bridgehead atoms. The summed E-state index contributed by atoms with van der Waals surface area (Å²) in [6.45, 7) is 8.75. The Bertz CT molecular complexity index is 1200. The maximum Gasteiger partial charge on any atom is 0.309 e. The first-order chi connectivity index (χ1) is 18.1. The smallest absolute Gasteiger partial charge is 0.309 e. The fourth-order valence-corrected chi connectivity index (χ4v) is 6.80. The van der Waals surface area contributed by atoms with E-state index in [1.807, 2.05) is 39.0 Å². The van der Waals surface area contributed by atoms with E-state index >= 15 is 0 Å². The molecule has 1 aromatic heterocycles. The van der Waals surface area contributed by atoms with Gasteiger partial charge in [-0.15, -0.1) is 0 Å². The van der Waals surface area contributed by atoms with Gasteiger partial charge >= 0.3 is 5.97 Å². The van der Waals surface area contributed by atoms with Gasteiger partial charge in [0.05, 0.1) is 17.2 Å². The summed E-state index contributed by atoms with van der Waals surface area (Å²) in [4.78, 5) is 25.2. The first kappa shape index (κ1) is 27.4. The highest BCUT2D eigenvalue weighted by atomic mass is 35.5. The number of nitrogens with zero attached hydrogens (tertiary/aromatic N) is 4. The number of rotatable bonds is 8. The van der Waals surface area contributed by atoms with Crippen molar-refractivity contribution < 1.29 is 14.3 Å². The lowest BCUT2D eigenvalue weighted by molar-refractivity contribution is -0.158. The zero-order valence-corrected chi connectivity index (χ0v) is 23.7. The SMILES string of the molecule is Cc1ccc([C@@H](C)Nc2nc(N3CC([C@H]4CCCN(C5CC(C)(C(=O)O)C5)C4)C3)nc(CF)c2Cl)c(Cl)c1. The zero-order valence-electron chi connectivity index (χ0n) is 22.2. The molecule has 0 spiro atoms. The van der Waals surface area contributed by atoms with Crippen LogP contribution in [0, 0.1) is 24.2 Å². The Balaban J connectivity index is 1.23. The number of aryl methyl sites for hydroxylation is 1. The standard InChI is InChI=1S/C28H36Cl2FN5O2/c1-16-6-7-21(22(29)9-16)17(2)32-25-24(30)23(12-31)33-27(34-25)36-14-19(15-36)18-5-4-8-35(13-18)20-10-28(3,11-20)26(37)38/h6-7,9,17-20H,4-5,8,10-15H2,1-3H3,(H,37,38)(H,32,33,34)/t17-,18+,20?,28?/m1/s1. The number of likely N-dealkylation sites (tertiary alicyclic amines) is 1. The average molecular weight is 565 g/mol. The van der Waals surface area contributed by atoms with E-state index in [0.29, 0.717) is 34.7 Å². The zero-order chi connectivity index (χ0) is 27.2. The molecule has 2 aliphatic heterocycles. The lowest BCUT2D eigenvalue weighted by atomic mass is 9.65. The lowest BCUT2D eigenvalue weighted by Gasteiger charge is -2.52. The molecule has 0 unspecified atom stereocenters. The summed E-state index contributed by atoms with van der Waals surface area (Å²) in [6.07, 6.45) is 3.78. The van der Waals surface area contributed by atoms with E-state index in [1.165, 1.54) is 6.42 Å². The number of halogens is 3. The average Bonchev–Trinajstić information content (AvgIpc) is 2.82. The molecule has 2 saturated heterocycles. The van der Waals surface area contributed by atoms with Crippen LogP contribution >= 0.6 is 23.2 Å². The van der Waals surface area contributed by atoms with Crippen molar-refractivity contribution in [2.24, 2.45) is 17.3 Å². The highest BCUT2D eigenvalue weighted by Gasteiger charge is 2.49. The van der Waals surface area contributed by atoms with Gasteiger partial charge in [-0.25, -0.2) is 9.37 Å². The maximum absolute atomic E-state index is 13.8. The summed E-state index contributed by atoms with van der Waals surface area (Å²) in [5.74, 6) is 1.29. The van der Waals surface area contributed by atoms with Crippen LogP contribution in [0.1, 0.15) is 62.4 Å². The topological polar surface area (TPSA) is 81.6 Å². The molecule has 5 rings (SSSR count). The third kappa shape index (κ3) is 5.32. The molecule has 1 aliphatic carbocycles. The number of aliphatic carboxylic acids is 1. The van der Waals surface area contributed by atoms with E-state index in [2.05, 4.69) is 25.1 Å². The van der Waals surface area contributed by atoms with Crippen LogP contribution in [0.15, 0.2) is 18.2 Å². The van der Waals surface area contributed by atoms with E-state index in [0.717, 1.165) is 56.6 Å². The summed E-state index contributed by atoms with van der Waals surface area (Å²) >= 11 is 12.9. The number of piperidine rings is 1. The van der Waals surface area contributed by atoms with Crippen LogP contribution in [0.5, 0.6) is 0 Å². The summed E-state index contributed by atoms with van der Waals surface area (Å²) in [6, 6.07) is 6.09. The number of benzene rings is 1. The molecule has 1 aromatic carbocycles. The normalized spacial score (nSPS) is 26.9. The Kier molecular flexibility index (Phi) is 7.77. The van der Waals surface area contributed by atoms with Crippen molar-refractivity contribution >= 4 is 40.9 Å². The third-order valence-electron chi connectivity index (χ3n) is 8.76. The van der Waals surface area contributed by atoms with Crippen LogP contribution in [-0.4, -0.2) is 58.2 Å². The molecule has 10 heteroatoms. The van der Waals surface area contributed by atoms with Crippen LogP contribution in [-0.2, 0) is 11.5 Å². The summed E-state index contributed by atoms with van der Waals surface area (Å²) in [7, 11) is 0. The van der Waals surface area contributed by atoms with Crippen LogP contribution in [0.25, 0.3) is 0 Å². The van der Waals surface area contributed by atoms with Crippen molar-refractivity contribution in [2.75, 3.05) is 36.4 Å². The molecule has 1 saturated carbocycles. The summed E-state index contributed by atoms with van der Waals surface area (Å²) in [5, 5.41) is 13.6. The number of aromatic nitrogens is 2. The maximum atomic E-state index is 13.8. The second-order valence-electron chi connectivity index (χ2n) is 11.6. The highest BCUT2D eigenvalue weighted by Crippen LogP contribution is 2.45. The van der Waals surface area contributed by atoms with E-state index in [4.69, 9.17) is 23.2 Å². The van der Waals surface area contributed by atoms with Gasteiger partial charge in [0.2, 0.25) is 5.95 Å². The third-order valence-corrected chi connectivity index (χ3v) is 9.49. The minimum atomic E-state index is -0.770. The minimum absolute atomic E-state index is 0.178. The van der Waals surface area contributed by atoms with Crippen molar-refractivity contribution in [3.05, 3.63) is 45.1 Å². The number of carboxylic acids is 1. The summed E-state index contributed by atoms with van der Waals surface area (Å²) < 4.78 is 13.8. The van der Waals surface area contributed by atoms with Crippen LogP contribution < -0.4 is 10.2 Å². The van der Waals surface area contributed by atoms with Gasteiger partial charge in [-0.1, -0.05) is 35.3 Å². The molecule has 7 nitrogen and oxygen atoms in total. The van der Waals surface area contributed by atoms with Crippen LogP contribution in [0.4, 0.5) is 16.2 Å². The molecule has 3 aliphatic rings. The van der Waals surface area contributed by atoms with Crippen molar-refractivity contribution in [3.8, 4) is 0 Å². The quantitative estimate of drug-likeness (QED) is 0.399. The number of anilines is 2. The second-order valence-corrected chi connectivity index (χ2v) is 12.4. The second kappa shape index (κ2) is 10.8. The van der Waals surface area contributed by atoms with Gasteiger partial charge in [-0.2, -0.15) is 4.98 Å². The molecule has 0 radical (unpaired) electrons. The van der Waals surface area contributed by atoms with Crippen LogP contribution in [0.3, 0.4) is 0 Å². The number of carboxylic acid groups (broad SMARTS) is 1. The molecule has 3 fully saturated rings. The number of hydrogen-bond donors (Lipinski definition) is 2. The predicted molar refractivity (Wildman–Crippen MR) is 149 cm³/mol. The van der Waals surface area contributed by atoms with Gasteiger partial charge in [-0.05, 0) is 82.0 Å². The van der Waals surface area contributed by atoms with Crippen molar-refractivity contribution in [3.63, 3.8) is 0 Å². The Morgan fingerprint density at radius 2 is 1.97 bits per heavy atom. The Hall–Kier alpha value is -2.16. The molecule has 206 valence electrons. The van der Waals surface area contributed by atoms with E-state index in [1.54, 1.807) is 0 Å². The molecular weight excluding hydrogens is 528 g/mol. The van der Waals surface area contributed by atoms with Gasteiger partial charge in [0.1, 0.15) is 11.7 Å². The lowest BCUT2D eigenvalue weighted by Crippen LogP contribution is -2.58. The molecule has 3 heterocycles. The molecular formula is C28H36Cl2FN5O2. The molecule has 2 aromatic rings. The van der Waals surface area contributed by atoms with Crippen LogP contribution in [0.2, 0.25) is 10.0 Å². The first-order valence-electron chi connectivity index (χ1n) is 13.5. The van der Waals surface area contributed by atoms with Gasteiger partial charge < -0.3 is 20.2 Å². The molecule has 38 heavy (non-hydrogen) atoms. The van der Waals surface area contributed by atoms with Crippen molar-refractivity contribution in [1.82, 2.24) is 14.9 Å². The Morgan fingerprint density at radius 1 is 1.24 bits per heavy atom. The van der Waals surface area contributed by atoms with E-state index in [-0.39, 0.29) is 16.8 Å². The fraction of sp³-hybridized carbons (Fsp3) is 0.607. The minimum Gasteiger partial charge on any atom is -0.481 e. The molecule has 2 N–H and O–H groups in total. The molecule has 0 amide bonds. The number of hydrogen-bond acceptors (Lipinski definition) is 6. The van der Waals surface area contributed by atoms with Gasteiger partial charge in [-0.3, -0.25) is 4.79 Å². The summed E-state index contributed by atoms with van der Waals surface area (Å²) in [5.41, 5.74) is 1.60. The predicted octanol–water partition coefficient (Wildman–Crippen LogP) is 6.14. The van der Waals surface area contributed by atoms with E-state index in [9.17, 15) is 14.3 Å². The number of carbonyl (C=O) groups is 1. The largest absolute Gasteiger partial charge is 0.481 e. The first-order valence-corrected chi connectivity index (χ1v) is 14.2. The van der Waals surface area contributed by atoms with Crippen molar-refractivity contribution in [2.45, 2.75) is 65.2 Å². The monoisotopic (exact) mass is 563 g/mol.